The summed E-state index contributed by atoms with van der Waals surface area (Å²) in [4.78, 5) is 14.0. The van der Waals surface area contributed by atoms with E-state index in [1.54, 1.807) is 0 Å². The summed E-state index contributed by atoms with van der Waals surface area (Å²) in [5.74, 6) is -0.480. The Bertz CT molecular complexity index is 731. The number of morpholine rings is 1. The summed E-state index contributed by atoms with van der Waals surface area (Å²) in [6, 6.07) is 2.75. The molecule has 1 aliphatic rings. The Kier molecular flexibility index (Phi) is 5.62. The number of alkyl halides is 3. The van der Waals surface area contributed by atoms with Crippen molar-refractivity contribution in [3.8, 4) is 0 Å². The molecule has 0 saturated carbocycles. The quantitative estimate of drug-likeness (QED) is 0.798. The van der Waals surface area contributed by atoms with Crippen molar-refractivity contribution in [3.05, 3.63) is 29.8 Å². The van der Waals surface area contributed by atoms with Crippen LogP contribution in [-0.4, -0.2) is 57.8 Å². The minimum absolute atomic E-state index is 0.202. The van der Waals surface area contributed by atoms with E-state index in [0.717, 1.165) is 28.8 Å². The average molecular weight is 380 g/mol. The van der Waals surface area contributed by atoms with Gasteiger partial charge in [-0.25, -0.2) is 8.42 Å². The lowest BCUT2D eigenvalue weighted by Gasteiger charge is -2.34. The summed E-state index contributed by atoms with van der Waals surface area (Å²) in [5, 5.41) is 0. The zero-order valence-electron chi connectivity index (χ0n) is 13.8. The van der Waals surface area contributed by atoms with Crippen LogP contribution in [0.1, 0.15) is 12.5 Å². The first kappa shape index (κ1) is 19.5. The van der Waals surface area contributed by atoms with E-state index in [0.29, 0.717) is 26.3 Å². The number of nitrogens with zero attached hydrogens (tertiary/aromatic N) is 2. The smallest absolute Gasteiger partial charge is 0.378 e. The Morgan fingerprint density at radius 1 is 1.28 bits per heavy atom. The van der Waals surface area contributed by atoms with Gasteiger partial charge < -0.3 is 9.64 Å². The van der Waals surface area contributed by atoms with Gasteiger partial charge in [0.15, 0.2) is 0 Å². The van der Waals surface area contributed by atoms with E-state index in [-0.39, 0.29) is 5.69 Å². The molecular weight excluding hydrogens is 361 g/mol. The fourth-order valence-electron chi connectivity index (χ4n) is 2.67. The molecule has 140 valence electrons. The standard InChI is InChI=1S/C15H19F3N2O4S/c1-11(14(21)19-6-8-24-9-7-19)20(25(2,22)23)13-5-3-4-12(10-13)15(16,17)18/h3-5,10-11H,6-9H2,1-2H3/t11-/m0/s1. The summed E-state index contributed by atoms with van der Waals surface area (Å²) < 4.78 is 69.0. The van der Waals surface area contributed by atoms with Gasteiger partial charge >= 0.3 is 6.18 Å². The zero-order valence-corrected chi connectivity index (χ0v) is 14.6. The highest BCUT2D eigenvalue weighted by atomic mass is 32.2. The number of rotatable bonds is 4. The third-order valence-corrected chi connectivity index (χ3v) is 5.06. The lowest BCUT2D eigenvalue weighted by molar-refractivity contribution is -0.137. The van der Waals surface area contributed by atoms with Crippen LogP contribution in [0.25, 0.3) is 0 Å². The van der Waals surface area contributed by atoms with Crippen molar-refractivity contribution in [1.82, 2.24) is 4.90 Å². The molecular formula is C15H19F3N2O4S. The van der Waals surface area contributed by atoms with Crippen LogP contribution in [0.4, 0.5) is 18.9 Å². The van der Waals surface area contributed by atoms with Gasteiger partial charge in [0.25, 0.3) is 0 Å². The van der Waals surface area contributed by atoms with Gasteiger partial charge in [0.2, 0.25) is 15.9 Å². The molecule has 10 heteroatoms. The second-order valence-electron chi connectivity index (χ2n) is 5.72. The van der Waals surface area contributed by atoms with Crippen molar-refractivity contribution in [2.75, 3.05) is 36.9 Å². The van der Waals surface area contributed by atoms with Crippen LogP contribution in [0, 0.1) is 0 Å². The Hall–Kier alpha value is -1.81. The fraction of sp³-hybridized carbons (Fsp3) is 0.533. The molecule has 0 unspecified atom stereocenters. The van der Waals surface area contributed by atoms with Crippen LogP contribution < -0.4 is 4.31 Å². The van der Waals surface area contributed by atoms with E-state index in [1.807, 2.05) is 0 Å². The third-order valence-electron chi connectivity index (χ3n) is 3.82. The largest absolute Gasteiger partial charge is 0.416 e. The Balaban J connectivity index is 2.38. The maximum absolute atomic E-state index is 12.9. The molecule has 0 N–H and O–H groups in total. The van der Waals surface area contributed by atoms with E-state index in [4.69, 9.17) is 4.74 Å². The molecule has 1 amide bonds. The Labute approximate surface area is 144 Å². The van der Waals surface area contributed by atoms with Crippen molar-refractivity contribution in [2.45, 2.75) is 19.1 Å². The van der Waals surface area contributed by atoms with E-state index in [1.165, 1.54) is 17.9 Å². The van der Waals surface area contributed by atoms with Crippen LogP contribution in [0.5, 0.6) is 0 Å². The Morgan fingerprint density at radius 2 is 1.88 bits per heavy atom. The summed E-state index contributed by atoms with van der Waals surface area (Å²) in [5.41, 5.74) is -1.18. The number of anilines is 1. The molecule has 1 atom stereocenters. The molecule has 0 radical (unpaired) electrons. The van der Waals surface area contributed by atoms with Gasteiger partial charge in [-0.3, -0.25) is 9.10 Å². The number of carbonyl (C=O) groups excluding carboxylic acids is 1. The first-order chi connectivity index (χ1) is 11.5. The van der Waals surface area contributed by atoms with Crippen LogP contribution in [-0.2, 0) is 25.7 Å². The molecule has 25 heavy (non-hydrogen) atoms. The van der Waals surface area contributed by atoms with Gasteiger partial charge in [-0.05, 0) is 25.1 Å². The monoisotopic (exact) mass is 380 g/mol. The normalized spacial score (nSPS) is 17.2. The van der Waals surface area contributed by atoms with E-state index >= 15 is 0 Å². The highest BCUT2D eigenvalue weighted by molar-refractivity contribution is 7.92. The molecule has 0 spiro atoms. The summed E-state index contributed by atoms with van der Waals surface area (Å²) in [6.07, 6.45) is -3.76. The van der Waals surface area contributed by atoms with E-state index < -0.39 is 33.7 Å². The minimum Gasteiger partial charge on any atom is -0.378 e. The minimum atomic E-state index is -4.61. The van der Waals surface area contributed by atoms with Gasteiger partial charge in [-0.2, -0.15) is 13.2 Å². The predicted molar refractivity (Wildman–Crippen MR) is 85.6 cm³/mol. The van der Waals surface area contributed by atoms with Gasteiger partial charge in [-0.1, -0.05) is 6.07 Å². The summed E-state index contributed by atoms with van der Waals surface area (Å²) in [7, 11) is -3.98. The van der Waals surface area contributed by atoms with Gasteiger partial charge in [0.1, 0.15) is 6.04 Å². The topological polar surface area (TPSA) is 66.9 Å². The number of amides is 1. The SMILES string of the molecule is C[C@@H](C(=O)N1CCOCC1)N(c1cccc(C(F)(F)F)c1)S(C)(=O)=O. The van der Waals surface area contributed by atoms with Crippen LogP contribution in [0.15, 0.2) is 24.3 Å². The van der Waals surface area contributed by atoms with Crippen molar-refractivity contribution in [1.29, 1.82) is 0 Å². The Morgan fingerprint density at radius 3 is 2.40 bits per heavy atom. The van der Waals surface area contributed by atoms with Crippen molar-refractivity contribution in [3.63, 3.8) is 0 Å². The number of benzene rings is 1. The molecule has 1 aromatic rings. The highest BCUT2D eigenvalue weighted by Gasteiger charge is 2.35. The zero-order chi connectivity index (χ0) is 18.8. The molecule has 1 aromatic carbocycles. The third kappa shape index (κ3) is 4.63. The van der Waals surface area contributed by atoms with Crippen LogP contribution in [0.3, 0.4) is 0 Å². The van der Waals surface area contributed by atoms with Gasteiger partial charge in [0.05, 0.1) is 30.7 Å². The van der Waals surface area contributed by atoms with Gasteiger partial charge in [0, 0.05) is 13.1 Å². The number of halogens is 3. The fourth-order valence-corrected chi connectivity index (χ4v) is 3.83. The van der Waals surface area contributed by atoms with Crippen LogP contribution >= 0.6 is 0 Å². The molecule has 2 rings (SSSR count). The van der Waals surface area contributed by atoms with Crippen LogP contribution in [0.2, 0.25) is 0 Å². The highest BCUT2D eigenvalue weighted by Crippen LogP contribution is 2.33. The average Bonchev–Trinajstić information content (AvgIpc) is 2.53. The molecule has 0 aliphatic carbocycles. The first-order valence-corrected chi connectivity index (χ1v) is 9.40. The molecule has 1 aliphatic heterocycles. The molecule has 0 bridgehead atoms. The molecule has 0 aromatic heterocycles. The lowest BCUT2D eigenvalue weighted by atomic mass is 10.1. The second kappa shape index (κ2) is 7.20. The van der Waals surface area contributed by atoms with Crippen molar-refractivity contribution in [2.24, 2.45) is 0 Å². The number of hydrogen-bond donors (Lipinski definition) is 0. The summed E-state index contributed by atoms with van der Waals surface area (Å²) in [6.45, 7) is 2.65. The maximum atomic E-state index is 12.9. The number of hydrogen-bond acceptors (Lipinski definition) is 4. The van der Waals surface area contributed by atoms with E-state index in [9.17, 15) is 26.4 Å². The number of sulfonamides is 1. The van der Waals surface area contributed by atoms with Crippen molar-refractivity contribution >= 4 is 21.6 Å². The summed E-state index contributed by atoms with van der Waals surface area (Å²) >= 11 is 0. The predicted octanol–water partition coefficient (Wildman–Crippen LogP) is 1.72. The molecule has 1 fully saturated rings. The number of carbonyl (C=O) groups is 1. The lowest BCUT2D eigenvalue weighted by Crippen LogP contribution is -2.52. The molecule has 6 nitrogen and oxygen atoms in total. The van der Waals surface area contributed by atoms with Gasteiger partial charge in [-0.15, -0.1) is 0 Å². The maximum Gasteiger partial charge on any atom is 0.416 e. The second-order valence-corrected chi connectivity index (χ2v) is 7.58. The first-order valence-electron chi connectivity index (χ1n) is 7.55. The molecule has 1 saturated heterocycles. The molecule has 1 heterocycles. The van der Waals surface area contributed by atoms with Crippen molar-refractivity contribution < 1.29 is 31.1 Å². The number of ether oxygens (including phenoxy) is 1. The van der Waals surface area contributed by atoms with E-state index in [2.05, 4.69) is 0 Å².